The highest BCUT2D eigenvalue weighted by Crippen LogP contribution is 2.34. The van der Waals surface area contributed by atoms with Gasteiger partial charge in [0.05, 0.1) is 11.3 Å². The average Bonchev–Trinajstić information content (AvgIpc) is 3.32. The molecule has 1 atom stereocenters. The highest BCUT2D eigenvalue weighted by atomic mass is 19.1. The number of ketones is 1. The lowest BCUT2D eigenvalue weighted by molar-refractivity contribution is 0.0962. The number of aromatic nitrogens is 2. The molecule has 0 bridgehead atoms. The Labute approximate surface area is 197 Å². The van der Waals surface area contributed by atoms with Gasteiger partial charge < -0.3 is 14.4 Å². The molecule has 1 aromatic heterocycles. The lowest BCUT2D eigenvalue weighted by Gasteiger charge is -2.35. The smallest absolute Gasteiger partial charge is 0.231 e. The van der Waals surface area contributed by atoms with E-state index in [0.29, 0.717) is 23.5 Å². The van der Waals surface area contributed by atoms with Crippen LogP contribution in [0.1, 0.15) is 39.5 Å². The van der Waals surface area contributed by atoms with E-state index >= 15 is 0 Å². The summed E-state index contributed by atoms with van der Waals surface area (Å²) in [5.41, 5.74) is 3.06. The monoisotopic (exact) mass is 460 g/mol. The highest BCUT2D eigenvalue weighted by Gasteiger charge is 2.30. The molecule has 1 fully saturated rings. The molecule has 3 aromatic rings. The van der Waals surface area contributed by atoms with Gasteiger partial charge in [-0.15, -0.1) is 0 Å². The van der Waals surface area contributed by atoms with Crippen molar-refractivity contribution >= 4 is 11.7 Å². The van der Waals surface area contributed by atoms with Crippen molar-refractivity contribution in [2.45, 2.75) is 25.3 Å². The van der Waals surface area contributed by atoms with Crippen LogP contribution in [0, 0.1) is 5.82 Å². The van der Waals surface area contributed by atoms with Gasteiger partial charge in [0, 0.05) is 45.3 Å². The molecule has 2 aromatic carbocycles. The number of hydrogen-bond acceptors (Lipinski definition) is 7. The van der Waals surface area contributed by atoms with Crippen molar-refractivity contribution in [2.75, 3.05) is 37.9 Å². The zero-order valence-electron chi connectivity index (χ0n) is 18.7. The maximum Gasteiger partial charge on any atom is 0.231 e. The van der Waals surface area contributed by atoms with Gasteiger partial charge in [0.1, 0.15) is 5.82 Å². The first-order valence-corrected chi connectivity index (χ1v) is 11.6. The molecule has 6 rings (SSSR count). The Morgan fingerprint density at radius 3 is 2.68 bits per heavy atom. The van der Waals surface area contributed by atoms with E-state index < -0.39 is 0 Å². The number of carbonyl (C=O) groups is 1. The molecule has 0 spiro atoms. The fourth-order valence-electron chi connectivity index (χ4n) is 5.02. The Morgan fingerprint density at radius 2 is 1.82 bits per heavy atom. The summed E-state index contributed by atoms with van der Waals surface area (Å²) >= 11 is 0. The number of carbonyl (C=O) groups excluding carboxylic acids is 1. The van der Waals surface area contributed by atoms with Crippen molar-refractivity contribution in [3.05, 3.63) is 76.9 Å². The predicted octanol–water partition coefficient (Wildman–Crippen LogP) is 3.58. The van der Waals surface area contributed by atoms with Gasteiger partial charge in [-0.2, -0.15) is 0 Å². The summed E-state index contributed by atoms with van der Waals surface area (Å²) in [6.07, 6.45) is 2.48. The van der Waals surface area contributed by atoms with Crippen LogP contribution in [0.5, 0.6) is 11.5 Å². The zero-order valence-corrected chi connectivity index (χ0v) is 18.7. The highest BCUT2D eigenvalue weighted by molar-refractivity contribution is 5.98. The molecular formula is C26H25FN4O3. The number of benzene rings is 2. The predicted molar refractivity (Wildman–Crippen MR) is 124 cm³/mol. The minimum absolute atomic E-state index is 0.0189. The van der Waals surface area contributed by atoms with Crippen LogP contribution in [0.2, 0.25) is 0 Å². The van der Waals surface area contributed by atoms with Gasteiger partial charge in [-0.1, -0.05) is 24.3 Å². The van der Waals surface area contributed by atoms with E-state index in [2.05, 4.69) is 20.9 Å². The van der Waals surface area contributed by atoms with Gasteiger partial charge in [-0.05, 0) is 41.7 Å². The number of fused-ring (bicyclic) bond motifs is 2. The largest absolute Gasteiger partial charge is 0.454 e. The van der Waals surface area contributed by atoms with Crippen LogP contribution in [0.4, 0.5) is 10.3 Å². The second-order valence-corrected chi connectivity index (χ2v) is 9.03. The molecule has 3 aliphatic rings. The minimum atomic E-state index is -0.267. The second-order valence-electron chi connectivity index (χ2n) is 9.03. The summed E-state index contributed by atoms with van der Waals surface area (Å²) < 4.78 is 25.2. The summed E-state index contributed by atoms with van der Waals surface area (Å²) in [7, 11) is 0. The quantitative estimate of drug-likeness (QED) is 0.590. The minimum Gasteiger partial charge on any atom is -0.454 e. The van der Waals surface area contributed by atoms with Gasteiger partial charge >= 0.3 is 0 Å². The summed E-state index contributed by atoms with van der Waals surface area (Å²) in [6, 6.07) is 12.8. The first-order chi connectivity index (χ1) is 16.6. The van der Waals surface area contributed by atoms with Crippen LogP contribution in [0.3, 0.4) is 0 Å². The van der Waals surface area contributed by atoms with E-state index in [9.17, 15) is 9.18 Å². The number of anilines is 1. The van der Waals surface area contributed by atoms with E-state index in [1.165, 1.54) is 11.6 Å². The van der Waals surface area contributed by atoms with Gasteiger partial charge in [0.25, 0.3) is 0 Å². The second kappa shape index (κ2) is 8.68. The van der Waals surface area contributed by atoms with Crippen LogP contribution in [-0.2, 0) is 13.0 Å². The van der Waals surface area contributed by atoms with Crippen LogP contribution >= 0.6 is 0 Å². The van der Waals surface area contributed by atoms with Gasteiger partial charge in [-0.3, -0.25) is 9.69 Å². The fourth-order valence-corrected chi connectivity index (χ4v) is 5.02. The topological polar surface area (TPSA) is 67.8 Å². The Kier molecular flexibility index (Phi) is 5.37. The van der Waals surface area contributed by atoms with Crippen LogP contribution in [0.15, 0.2) is 48.7 Å². The van der Waals surface area contributed by atoms with Crippen LogP contribution in [-0.4, -0.2) is 53.6 Å². The van der Waals surface area contributed by atoms with Crippen molar-refractivity contribution in [3.63, 3.8) is 0 Å². The van der Waals surface area contributed by atoms with Crippen molar-refractivity contribution in [1.29, 1.82) is 0 Å². The standard InChI is InChI=1S/C26H25FN4O3/c27-21-4-2-1-3-19(21)18-12-22-20(23(32)13-18)14-28-26(29-22)31-9-7-30(8-10-31)15-17-5-6-24-25(11-17)34-16-33-24/h1-6,11,14,18H,7-10,12-13,15-16H2. The van der Waals surface area contributed by atoms with Crippen molar-refractivity contribution in [2.24, 2.45) is 0 Å². The average molecular weight is 461 g/mol. The lowest BCUT2D eigenvalue weighted by Crippen LogP contribution is -2.46. The SMILES string of the molecule is O=C1CC(c2ccccc2F)Cc2nc(N3CCN(Cc4ccc5c(c4)OCO5)CC3)ncc21. The first kappa shape index (κ1) is 21.0. The van der Waals surface area contributed by atoms with E-state index in [1.54, 1.807) is 18.3 Å². The summed E-state index contributed by atoms with van der Waals surface area (Å²) in [4.78, 5) is 26.5. The van der Waals surface area contributed by atoms with E-state index in [4.69, 9.17) is 14.5 Å². The van der Waals surface area contributed by atoms with E-state index in [-0.39, 0.29) is 30.7 Å². The Bertz CT molecular complexity index is 1240. The number of ether oxygens (including phenoxy) is 2. The first-order valence-electron chi connectivity index (χ1n) is 11.6. The third-order valence-corrected chi connectivity index (χ3v) is 6.87. The molecule has 1 unspecified atom stereocenters. The summed E-state index contributed by atoms with van der Waals surface area (Å²) in [6.45, 7) is 4.48. The maximum atomic E-state index is 14.3. The molecule has 2 aliphatic heterocycles. The molecular weight excluding hydrogens is 435 g/mol. The summed E-state index contributed by atoms with van der Waals surface area (Å²) in [5, 5.41) is 0. The molecule has 1 aliphatic carbocycles. The molecule has 0 radical (unpaired) electrons. The molecule has 1 saturated heterocycles. The number of nitrogens with zero attached hydrogens (tertiary/aromatic N) is 4. The normalized spacial score (nSPS) is 19.9. The molecule has 8 heteroatoms. The van der Waals surface area contributed by atoms with Crippen LogP contribution in [0.25, 0.3) is 0 Å². The van der Waals surface area contributed by atoms with Gasteiger partial charge in [0.15, 0.2) is 17.3 Å². The molecule has 34 heavy (non-hydrogen) atoms. The van der Waals surface area contributed by atoms with Gasteiger partial charge in [0.2, 0.25) is 12.7 Å². The third-order valence-electron chi connectivity index (χ3n) is 6.87. The van der Waals surface area contributed by atoms with Crippen molar-refractivity contribution in [3.8, 4) is 11.5 Å². The summed E-state index contributed by atoms with van der Waals surface area (Å²) in [5.74, 6) is 1.77. The van der Waals surface area contributed by atoms with Crippen LogP contribution < -0.4 is 14.4 Å². The fraction of sp³-hybridized carbons (Fsp3) is 0.346. The number of halogens is 1. The molecule has 7 nitrogen and oxygen atoms in total. The lowest BCUT2D eigenvalue weighted by atomic mass is 9.82. The Morgan fingerprint density at radius 1 is 1.00 bits per heavy atom. The number of piperazine rings is 1. The zero-order chi connectivity index (χ0) is 23.1. The number of rotatable bonds is 4. The Hall–Kier alpha value is -3.52. The van der Waals surface area contributed by atoms with E-state index in [1.807, 2.05) is 18.2 Å². The molecule has 0 saturated carbocycles. The molecule has 3 heterocycles. The number of hydrogen-bond donors (Lipinski definition) is 0. The third kappa shape index (κ3) is 3.98. The molecule has 174 valence electrons. The van der Waals surface area contributed by atoms with E-state index in [0.717, 1.165) is 49.9 Å². The molecule has 0 amide bonds. The number of Topliss-reactive ketones (excluding diaryl/α,β-unsaturated/α-hetero) is 1. The van der Waals surface area contributed by atoms with Gasteiger partial charge in [-0.25, -0.2) is 14.4 Å². The van der Waals surface area contributed by atoms with Crippen molar-refractivity contribution < 1.29 is 18.7 Å². The Balaban J connectivity index is 1.13. The maximum absolute atomic E-state index is 14.3. The molecule has 0 N–H and O–H groups in total. The van der Waals surface area contributed by atoms with Crippen molar-refractivity contribution in [1.82, 2.24) is 14.9 Å².